The van der Waals surface area contributed by atoms with Crippen molar-refractivity contribution in [3.05, 3.63) is 71.8 Å². The van der Waals surface area contributed by atoms with Gasteiger partial charge in [-0.2, -0.15) is 0 Å². The van der Waals surface area contributed by atoms with Crippen LogP contribution < -0.4 is 5.32 Å². The zero-order valence-electron chi connectivity index (χ0n) is 15.9. The van der Waals surface area contributed by atoms with E-state index in [0.717, 1.165) is 23.2 Å². The lowest BCUT2D eigenvalue weighted by atomic mass is 9.92. The van der Waals surface area contributed by atoms with Gasteiger partial charge in [0.05, 0.1) is 12.5 Å². The second-order valence-electron chi connectivity index (χ2n) is 7.78. The molecule has 0 aliphatic carbocycles. The fourth-order valence-corrected chi connectivity index (χ4v) is 3.00. The Bertz CT molecular complexity index is 940. The van der Waals surface area contributed by atoms with Crippen molar-refractivity contribution in [1.82, 2.24) is 14.9 Å². The van der Waals surface area contributed by atoms with Crippen molar-refractivity contribution >= 4 is 17.5 Å². The van der Waals surface area contributed by atoms with Gasteiger partial charge in [-0.25, -0.2) is 4.98 Å². The van der Waals surface area contributed by atoms with E-state index in [2.05, 4.69) is 31.1 Å². The number of hydrogen-bond acceptors (Lipinski definition) is 2. The minimum absolute atomic E-state index is 0.120. The van der Waals surface area contributed by atoms with E-state index in [1.807, 2.05) is 48.5 Å². The molecule has 27 heavy (non-hydrogen) atoms. The Morgan fingerprint density at radius 1 is 1.11 bits per heavy atom. The predicted octanol–water partition coefficient (Wildman–Crippen LogP) is 5.36. The molecule has 0 spiro atoms. The van der Waals surface area contributed by atoms with Gasteiger partial charge < -0.3 is 5.32 Å². The van der Waals surface area contributed by atoms with Crippen molar-refractivity contribution < 1.29 is 4.79 Å². The highest BCUT2D eigenvalue weighted by Gasteiger charge is 2.15. The van der Waals surface area contributed by atoms with Crippen LogP contribution in [0.5, 0.6) is 0 Å². The number of nitrogens with one attached hydrogen (secondary N) is 1. The van der Waals surface area contributed by atoms with E-state index >= 15 is 0 Å². The first kappa shape index (κ1) is 19.2. The Morgan fingerprint density at radius 2 is 1.81 bits per heavy atom. The van der Waals surface area contributed by atoms with Crippen molar-refractivity contribution in [2.75, 3.05) is 6.54 Å². The van der Waals surface area contributed by atoms with Gasteiger partial charge in [0.2, 0.25) is 0 Å². The van der Waals surface area contributed by atoms with Crippen LogP contribution in [0.4, 0.5) is 0 Å². The molecule has 2 aromatic carbocycles. The molecule has 0 fully saturated rings. The molecule has 4 nitrogen and oxygen atoms in total. The van der Waals surface area contributed by atoms with Crippen LogP contribution in [0.2, 0.25) is 5.02 Å². The second-order valence-corrected chi connectivity index (χ2v) is 8.21. The van der Waals surface area contributed by atoms with E-state index in [0.29, 0.717) is 17.3 Å². The predicted molar refractivity (Wildman–Crippen MR) is 110 cm³/mol. The van der Waals surface area contributed by atoms with Crippen molar-refractivity contribution in [3.8, 4) is 16.8 Å². The molecule has 0 aliphatic heterocycles. The van der Waals surface area contributed by atoms with Gasteiger partial charge in [-0.3, -0.25) is 9.36 Å². The van der Waals surface area contributed by atoms with Crippen LogP contribution in [0.3, 0.4) is 0 Å². The molecule has 3 aromatic rings. The second kappa shape index (κ2) is 7.97. The Hall–Kier alpha value is -2.59. The normalized spacial score (nSPS) is 11.4. The van der Waals surface area contributed by atoms with Gasteiger partial charge in [0, 0.05) is 17.3 Å². The first-order chi connectivity index (χ1) is 12.8. The zero-order chi connectivity index (χ0) is 19.4. The van der Waals surface area contributed by atoms with Gasteiger partial charge in [0.15, 0.2) is 0 Å². The fourth-order valence-electron chi connectivity index (χ4n) is 2.81. The highest BCUT2D eigenvalue weighted by atomic mass is 35.5. The fraction of sp³-hybridized carbons (Fsp3) is 0.273. The number of rotatable bonds is 5. The average molecular weight is 382 g/mol. The summed E-state index contributed by atoms with van der Waals surface area (Å²) >= 11 is 6.11. The number of amides is 1. The molecule has 0 saturated heterocycles. The minimum Gasteiger partial charge on any atom is -0.351 e. The first-order valence-corrected chi connectivity index (χ1v) is 9.38. The van der Waals surface area contributed by atoms with Gasteiger partial charge in [-0.05, 0) is 47.2 Å². The summed E-state index contributed by atoms with van der Waals surface area (Å²) in [4.78, 5) is 16.8. The van der Waals surface area contributed by atoms with E-state index < -0.39 is 0 Å². The summed E-state index contributed by atoms with van der Waals surface area (Å²) < 4.78 is 1.81. The average Bonchev–Trinajstić information content (AvgIpc) is 3.10. The van der Waals surface area contributed by atoms with Gasteiger partial charge in [-0.15, -0.1) is 0 Å². The molecule has 1 N–H and O–H groups in total. The monoisotopic (exact) mass is 381 g/mol. The molecule has 3 rings (SSSR count). The van der Waals surface area contributed by atoms with E-state index in [-0.39, 0.29) is 11.3 Å². The molecule has 5 heteroatoms. The third kappa shape index (κ3) is 4.98. The summed E-state index contributed by atoms with van der Waals surface area (Å²) in [5.74, 6) is -0.120. The van der Waals surface area contributed by atoms with Gasteiger partial charge >= 0.3 is 0 Å². The standard InChI is InChI=1S/C22H24ClN3O/c1-22(2,3)10-11-25-21(27)20-14-24-15-26(20)19-9-5-7-17(13-19)16-6-4-8-18(23)12-16/h4-9,12-15H,10-11H2,1-3H3,(H,25,27). The lowest BCUT2D eigenvalue weighted by molar-refractivity contribution is 0.0942. The topological polar surface area (TPSA) is 46.9 Å². The highest BCUT2D eigenvalue weighted by Crippen LogP contribution is 2.25. The Balaban J connectivity index is 1.83. The van der Waals surface area contributed by atoms with E-state index in [1.54, 1.807) is 17.1 Å². The minimum atomic E-state index is -0.120. The maximum atomic E-state index is 12.6. The number of hydrogen-bond donors (Lipinski definition) is 1. The van der Waals surface area contributed by atoms with Crippen LogP contribution in [-0.4, -0.2) is 22.0 Å². The highest BCUT2D eigenvalue weighted by molar-refractivity contribution is 6.30. The summed E-state index contributed by atoms with van der Waals surface area (Å²) in [7, 11) is 0. The quantitative estimate of drug-likeness (QED) is 0.646. The van der Waals surface area contributed by atoms with Crippen LogP contribution in [0.1, 0.15) is 37.7 Å². The van der Waals surface area contributed by atoms with Crippen LogP contribution in [0, 0.1) is 5.41 Å². The maximum Gasteiger partial charge on any atom is 0.269 e. The number of carbonyl (C=O) groups is 1. The van der Waals surface area contributed by atoms with Gasteiger partial charge in [0.1, 0.15) is 5.69 Å². The number of aromatic nitrogens is 2. The molecule has 1 amide bonds. The summed E-state index contributed by atoms with van der Waals surface area (Å²) in [5, 5.41) is 3.68. The van der Waals surface area contributed by atoms with E-state index in [4.69, 9.17) is 11.6 Å². The molecular formula is C22H24ClN3O. The Kier molecular flexibility index (Phi) is 5.66. The SMILES string of the molecule is CC(C)(C)CCNC(=O)c1cncn1-c1cccc(-c2cccc(Cl)c2)c1. The van der Waals surface area contributed by atoms with E-state index in [9.17, 15) is 4.79 Å². The van der Waals surface area contributed by atoms with Crippen LogP contribution in [-0.2, 0) is 0 Å². The van der Waals surface area contributed by atoms with Crippen molar-refractivity contribution in [1.29, 1.82) is 0 Å². The molecule has 0 radical (unpaired) electrons. The summed E-state index contributed by atoms with van der Waals surface area (Å²) in [6.45, 7) is 7.11. The Labute approximate surface area is 165 Å². The lowest BCUT2D eigenvalue weighted by Crippen LogP contribution is -2.28. The van der Waals surface area contributed by atoms with E-state index in [1.165, 1.54) is 0 Å². The number of carbonyl (C=O) groups excluding carboxylic acids is 1. The summed E-state index contributed by atoms with van der Waals surface area (Å²) in [6.07, 6.45) is 4.17. The first-order valence-electron chi connectivity index (χ1n) is 9.00. The third-order valence-corrected chi connectivity index (χ3v) is 4.55. The van der Waals surface area contributed by atoms with Crippen molar-refractivity contribution in [2.45, 2.75) is 27.2 Å². The number of nitrogens with zero attached hydrogens (tertiary/aromatic N) is 2. The van der Waals surface area contributed by atoms with Crippen molar-refractivity contribution in [3.63, 3.8) is 0 Å². The summed E-state index contributed by atoms with van der Waals surface area (Å²) in [5.41, 5.74) is 3.64. The molecule has 1 aromatic heterocycles. The van der Waals surface area contributed by atoms with Crippen LogP contribution >= 0.6 is 11.6 Å². The maximum absolute atomic E-state index is 12.6. The largest absolute Gasteiger partial charge is 0.351 e. The summed E-state index contributed by atoms with van der Waals surface area (Å²) in [6, 6.07) is 15.7. The lowest BCUT2D eigenvalue weighted by Gasteiger charge is -2.18. The number of halogens is 1. The Morgan fingerprint density at radius 3 is 2.52 bits per heavy atom. The number of benzene rings is 2. The smallest absolute Gasteiger partial charge is 0.269 e. The van der Waals surface area contributed by atoms with Crippen molar-refractivity contribution in [2.24, 2.45) is 5.41 Å². The molecule has 140 valence electrons. The third-order valence-electron chi connectivity index (χ3n) is 4.31. The molecular weight excluding hydrogens is 358 g/mol. The molecule has 0 atom stereocenters. The molecule has 1 heterocycles. The number of imidazole rings is 1. The van der Waals surface area contributed by atoms with Gasteiger partial charge in [-0.1, -0.05) is 56.6 Å². The zero-order valence-corrected chi connectivity index (χ0v) is 16.6. The van der Waals surface area contributed by atoms with Crippen LogP contribution in [0.25, 0.3) is 16.8 Å². The van der Waals surface area contributed by atoms with Gasteiger partial charge in [0.25, 0.3) is 5.91 Å². The molecule has 0 aliphatic rings. The molecule has 0 saturated carbocycles. The molecule has 0 bridgehead atoms. The molecule has 0 unspecified atom stereocenters. The van der Waals surface area contributed by atoms with Crippen LogP contribution in [0.15, 0.2) is 61.1 Å².